The topological polar surface area (TPSA) is 89.0 Å². The second-order valence-corrected chi connectivity index (χ2v) is 10.0. The van der Waals surface area contributed by atoms with Gasteiger partial charge in [-0.2, -0.15) is 5.10 Å². The highest BCUT2D eigenvalue weighted by molar-refractivity contribution is 14.1. The summed E-state index contributed by atoms with van der Waals surface area (Å²) < 4.78 is 12.6. The first-order valence-electron chi connectivity index (χ1n) is 11.5. The quantitative estimate of drug-likeness (QED) is 0.136. The van der Waals surface area contributed by atoms with E-state index < -0.39 is 0 Å². The maximum atomic E-state index is 12.1. The van der Waals surface area contributed by atoms with Gasteiger partial charge in [0.2, 0.25) is 11.8 Å². The second-order valence-electron chi connectivity index (χ2n) is 7.99. The number of hydrogen-bond donors (Lipinski definition) is 2. The highest BCUT2D eigenvalue weighted by Gasteiger charge is 2.13. The first kappa shape index (κ1) is 28.7. The molecule has 37 heavy (non-hydrogen) atoms. The molecule has 0 radical (unpaired) electrons. The van der Waals surface area contributed by atoms with Crippen LogP contribution in [-0.2, 0) is 16.2 Å². The number of rotatable bonds is 11. The van der Waals surface area contributed by atoms with Crippen molar-refractivity contribution in [3.05, 3.63) is 84.9 Å². The fourth-order valence-corrected chi connectivity index (χ4v) is 4.42. The molecule has 0 heterocycles. The van der Waals surface area contributed by atoms with Gasteiger partial charge in [-0.1, -0.05) is 47.0 Å². The molecule has 0 atom stereocenters. The van der Waals surface area contributed by atoms with Gasteiger partial charge in [-0.25, -0.2) is 5.43 Å². The van der Waals surface area contributed by atoms with E-state index in [4.69, 9.17) is 32.7 Å². The standard InChI is InChI=1S/C27H26Cl2IN3O4/c1-3-36-24-13-18(12-23(30)27(24)37-16-19-6-7-20(28)14-22(19)29)15-31-33-26(35)11-10-25(34)32-21-8-4-17(2)5-9-21/h4-9,12-15H,3,10-11,16H2,1-2H3,(H,32,34)(H,33,35). The number of halogens is 3. The van der Waals surface area contributed by atoms with E-state index in [1.165, 1.54) is 6.21 Å². The number of benzene rings is 3. The lowest BCUT2D eigenvalue weighted by Gasteiger charge is -2.15. The molecule has 0 aliphatic heterocycles. The molecule has 10 heteroatoms. The zero-order valence-corrected chi connectivity index (χ0v) is 24.0. The van der Waals surface area contributed by atoms with Crippen molar-refractivity contribution < 1.29 is 19.1 Å². The Balaban J connectivity index is 1.55. The summed E-state index contributed by atoms with van der Waals surface area (Å²) in [5, 5.41) is 7.85. The van der Waals surface area contributed by atoms with Gasteiger partial charge in [0, 0.05) is 34.1 Å². The molecule has 0 spiro atoms. The Hall–Kier alpha value is -2.82. The summed E-state index contributed by atoms with van der Waals surface area (Å²) in [7, 11) is 0. The highest BCUT2D eigenvalue weighted by Crippen LogP contribution is 2.35. The predicted molar refractivity (Wildman–Crippen MR) is 156 cm³/mol. The smallest absolute Gasteiger partial charge is 0.240 e. The summed E-state index contributed by atoms with van der Waals surface area (Å²) in [5.74, 6) is 0.512. The zero-order valence-electron chi connectivity index (χ0n) is 20.3. The maximum Gasteiger partial charge on any atom is 0.240 e. The van der Waals surface area contributed by atoms with E-state index in [-0.39, 0.29) is 31.3 Å². The Kier molecular flexibility index (Phi) is 11.0. The summed E-state index contributed by atoms with van der Waals surface area (Å²) in [6.45, 7) is 4.53. The van der Waals surface area contributed by atoms with Crippen molar-refractivity contribution in [3.63, 3.8) is 0 Å². The van der Waals surface area contributed by atoms with Gasteiger partial charge in [0.05, 0.1) is 16.4 Å². The lowest BCUT2D eigenvalue weighted by atomic mass is 10.2. The molecular formula is C27H26Cl2IN3O4. The Morgan fingerprint density at radius 3 is 2.43 bits per heavy atom. The Morgan fingerprint density at radius 2 is 1.73 bits per heavy atom. The third kappa shape index (κ3) is 9.21. The molecule has 0 aromatic heterocycles. The average molecular weight is 654 g/mol. The fraction of sp³-hybridized carbons (Fsp3) is 0.222. The number of aryl methyl sites for hydroxylation is 1. The van der Waals surface area contributed by atoms with Gasteiger partial charge in [-0.3, -0.25) is 9.59 Å². The Labute approximate surface area is 239 Å². The van der Waals surface area contributed by atoms with Gasteiger partial charge in [0.15, 0.2) is 11.5 Å². The van der Waals surface area contributed by atoms with Crippen LogP contribution in [-0.4, -0.2) is 24.6 Å². The summed E-state index contributed by atoms with van der Waals surface area (Å²) in [6.07, 6.45) is 1.57. The average Bonchev–Trinajstić information content (AvgIpc) is 2.85. The number of anilines is 1. The largest absolute Gasteiger partial charge is 0.490 e. The zero-order chi connectivity index (χ0) is 26.8. The number of hydrazone groups is 1. The molecule has 2 amide bonds. The highest BCUT2D eigenvalue weighted by atomic mass is 127. The van der Waals surface area contributed by atoms with E-state index in [0.29, 0.717) is 39.4 Å². The SMILES string of the molecule is CCOc1cc(C=NNC(=O)CCC(=O)Nc2ccc(C)cc2)cc(I)c1OCc1ccc(Cl)cc1Cl. The minimum absolute atomic E-state index is 0.0107. The number of nitrogens with zero attached hydrogens (tertiary/aromatic N) is 1. The van der Waals surface area contributed by atoms with E-state index in [2.05, 4.69) is 38.4 Å². The lowest BCUT2D eigenvalue weighted by molar-refractivity contribution is -0.124. The lowest BCUT2D eigenvalue weighted by Crippen LogP contribution is -2.20. The summed E-state index contributed by atoms with van der Waals surface area (Å²) >= 11 is 14.4. The molecule has 0 bridgehead atoms. The summed E-state index contributed by atoms with van der Waals surface area (Å²) in [5.41, 5.74) is 5.75. The molecule has 3 rings (SSSR count). The number of carbonyl (C=O) groups is 2. The molecule has 194 valence electrons. The van der Waals surface area contributed by atoms with Crippen molar-refractivity contribution in [1.29, 1.82) is 0 Å². The van der Waals surface area contributed by atoms with Crippen LogP contribution in [0.3, 0.4) is 0 Å². The van der Waals surface area contributed by atoms with Gasteiger partial charge < -0.3 is 14.8 Å². The van der Waals surface area contributed by atoms with Crippen molar-refractivity contribution >= 4 is 69.5 Å². The molecule has 3 aromatic rings. The van der Waals surface area contributed by atoms with Crippen LogP contribution in [0.2, 0.25) is 10.0 Å². The molecule has 0 unspecified atom stereocenters. The van der Waals surface area contributed by atoms with Gasteiger partial charge in [-0.05, 0) is 78.4 Å². The minimum atomic E-state index is -0.366. The van der Waals surface area contributed by atoms with Gasteiger partial charge in [0.1, 0.15) is 6.61 Å². The normalized spacial score (nSPS) is 10.8. The molecular weight excluding hydrogens is 628 g/mol. The Bertz CT molecular complexity index is 1280. The van der Waals surface area contributed by atoms with Gasteiger partial charge >= 0.3 is 0 Å². The van der Waals surface area contributed by atoms with Crippen molar-refractivity contribution in [2.45, 2.75) is 33.3 Å². The Morgan fingerprint density at radius 1 is 1.00 bits per heavy atom. The molecule has 0 aliphatic carbocycles. The number of hydrogen-bond acceptors (Lipinski definition) is 5. The second kappa shape index (κ2) is 14.2. The summed E-state index contributed by atoms with van der Waals surface area (Å²) in [6, 6.07) is 16.3. The molecule has 0 fully saturated rings. The van der Waals surface area contributed by atoms with Crippen LogP contribution in [0.15, 0.2) is 59.7 Å². The van der Waals surface area contributed by atoms with Gasteiger partial charge in [0.25, 0.3) is 0 Å². The van der Waals surface area contributed by atoms with Crippen molar-refractivity contribution in [2.24, 2.45) is 5.10 Å². The van der Waals surface area contributed by atoms with Crippen LogP contribution in [0.25, 0.3) is 0 Å². The molecule has 0 saturated carbocycles. The van der Waals surface area contributed by atoms with Crippen LogP contribution in [0, 0.1) is 10.5 Å². The van der Waals surface area contributed by atoms with Crippen molar-refractivity contribution in [1.82, 2.24) is 5.43 Å². The van der Waals surface area contributed by atoms with Crippen LogP contribution in [0.5, 0.6) is 11.5 Å². The molecule has 0 aliphatic rings. The van der Waals surface area contributed by atoms with Crippen molar-refractivity contribution in [2.75, 3.05) is 11.9 Å². The number of nitrogens with one attached hydrogen (secondary N) is 2. The van der Waals surface area contributed by atoms with Crippen molar-refractivity contribution in [3.8, 4) is 11.5 Å². The monoisotopic (exact) mass is 653 g/mol. The van der Waals surface area contributed by atoms with E-state index in [1.54, 1.807) is 18.2 Å². The molecule has 3 aromatic carbocycles. The molecule has 0 saturated heterocycles. The fourth-order valence-electron chi connectivity index (χ4n) is 3.18. The first-order chi connectivity index (χ1) is 17.7. The van der Waals surface area contributed by atoms with E-state index in [1.807, 2.05) is 50.2 Å². The maximum absolute atomic E-state index is 12.1. The van der Waals surface area contributed by atoms with Gasteiger partial charge in [-0.15, -0.1) is 0 Å². The van der Waals surface area contributed by atoms with E-state index >= 15 is 0 Å². The minimum Gasteiger partial charge on any atom is -0.490 e. The predicted octanol–water partition coefficient (Wildman–Crippen LogP) is 6.75. The van der Waals surface area contributed by atoms with Crippen LogP contribution in [0.1, 0.15) is 36.5 Å². The number of carbonyl (C=O) groups excluding carboxylic acids is 2. The van der Waals surface area contributed by atoms with E-state index in [0.717, 1.165) is 14.7 Å². The van der Waals surface area contributed by atoms with Crippen LogP contribution < -0.4 is 20.2 Å². The summed E-state index contributed by atoms with van der Waals surface area (Å²) in [4.78, 5) is 24.2. The van der Waals surface area contributed by atoms with Crippen LogP contribution >= 0.6 is 45.8 Å². The third-order valence-electron chi connectivity index (χ3n) is 5.04. The van der Waals surface area contributed by atoms with Crippen LogP contribution in [0.4, 0.5) is 5.69 Å². The molecule has 2 N–H and O–H groups in total. The van der Waals surface area contributed by atoms with E-state index in [9.17, 15) is 9.59 Å². The third-order valence-corrected chi connectivity index (χ3v) is 6.42. The number of ether oxygens (including phenoxy) is 2. The first-order valence-corrected chi connectivity index (χ1v) is 13.3. The number of amides is 2. The molecule has 7 nitrogen and oxygen atoms in total.